The molecule has 5 nitrogen and oxygen atoms in total. The smallest absolute Gasteiger partial charge is 0.282 e. The Morgan fingerprint density at radius 2 is 1.81 bits per heavy atom. The molecule has 0 saturated carbocycles. The number of nitrogens with zero attached hydrogens (tertiary/aromatic N) is 2. The molecule has 0 spiro atoms. The summed E-state index contributed by atoms with van der Waals surface area (Å²) in [7, 11) is 0. The van der Waals surface area contributed by atoms with Crippen molar-refractivity contribution >= 4 is 11.6 Å². The van der Waals surface area contributed by atoms with E-state index < -0.39 is 0 Å². The predicted molar refractivity (Wildman–Crippen MR) is 102 cm³/mol. The summed E-state index contributed by atoms with van der Waals surface area (Å²) in [6.45, 7) is 1.94. The number of halogens is 1. The number of aryl methyl sites for hydroxylation is 1. The van der Waals surface area contributed by atoms with Crippen LogP contribution in [0, 0.1) is 6.92 Å². The predicted octanol–water partition coefficient (Wildman–Crippen LogP) is 3.79. The molecule has 2 aromatic rings. The van der Waals surface area contributed by atoms with Gasteiger partial charge in [0.05, 0.1) is 17.9 Å². The minimum Gasteiger partial charge on any atom is -0.392 e. The first-order chi connectivity index (χ1) is 12.6. The maximum Gasteiger partial charge on any atom is 0.282 e. The summed E-state index contributed by atoms with van der Waals surface area (Å²) in [4.78, 5) is 16.0. The van der Waals surface area contributed by atoms with E-state index in [1.807, 2.05) is 31.2 Å². The number of hydrogen-bond acceptors (Lipinski definition) is 3. The van der Waals surface area contributed by atoms with Crippen LogP contribution in [0.4, 0.5) is 0 Å². The van der Waals surface area contributed by atoms with E-state index in [9.17, 15) is 9.90 Å². The molecular formula is C20H16ClN3O2. The second-order valence-corrected chi connectivity index (χ2v) is 6.54. The van der Waals surface area contributed by atoms with E-state index >= 15 is 0 Å². The van der Waals surface area contributed by atoms with Crippen LogP contribution in [0.2, 0.25) is 5.02 Å². The lowest BCUT2D eigenvalue weighted by atomic mass is 9.98. The molecule has 6 heteroatoms. The number of aromatic nitrogens is 3. The zero-order chi connectivity index (χ0) is 18.3. The fourth-order valence-electron chi connectivity index (χ4n) is 3.05. The third-order valence-electron chi connectivity index (χ3n) is 4.42. The lowest BCUT2D eigenvalue weighted by Gasteiger charge is -2.10. The zero-order valence-electron chi connectivity index (χ0n) is 14.0. The van der Waals surface area contributed by atoms with Gasteiger partial charge in [-0.3, -0.25) is 4.79 Å². The van der Waals surface area contributed by atoms with Crippen molar-refractivity contribution < 1.29 is 5.11 Å². The number of aliphatic hydroxyl groups is 1. The third-order valence-corrected chi connectivity index (χ3v) is 4.67. The van der Waals surface area contributed by atoms with Crippen LogP contribution in [-0.4, -0.2) is 19.9 Å². The number of fused-ring (bicyclic) bond motifs is 1. The van der Waals surface area contributed by atoms with Crippen LogP contribution < -0.4 is 5.56 Å². The molecule has 2 aliphatic rings. The molecule has 0 aromatic heterocycles. The lowest BCUT2D eigenvalue weighted by molar-refractivity contribution is 0.282. The molecule has 4 rings (SSSR count). The average molecular weight is 366 g/mol. The first-order valence-corrected chi connectivity index (χ1v) is 8.53. The van der Waals surface area contributed by atoms with Crippen LogP contribution in [-0.2, 0) is 6.61 Å². The van der Waals surface area contributed by atoms with Gasteiger partial charge in [0.2, 0.25) is 0 Å². The highest BCUT2D eigenvalue weighted by Crippen LogP contribution is 2.32. The van der Waals surface area contributed by atoms with Gasteiger partial charge in [-0.25, -0.2) is 0 Å². The molecule has 0 unspecified atom stereocenters. The Bertz CT molecular complexity index is 1100. The number of rotatable bonds is 3. The molecule has 0 aliphatic carbocycles. The SMILES string of the molecule is Cc1[nH]cc2c(=O)n(-c3ccc(Cl)cc3)nc-2c1-c1ccc(CO)cc1. The minimum atomic E-state index is -0.188. The summed E-state index contributed by atoms with van der Waals surface area (Å²) in [6, 6.07) is 14.6. The summed E-state index contributed by atoms with van der Waals surface area (Å²) in [5.74, 6) is 0. The standard InChI is InChI=1S/C20H16ClN3O2/c1-12-18(14-4-2-13(11-25)3-5-14)19-17(10-22-12)20(26)24(23-19)16-8-6-15(21)7-9-16/h2-10,22,25H,11H2,1H3. The van der Waals surface area contributed by atoms with Crippen molar-refractivity contribution in [2.24, 2.45) is 0 Å². The fraction of sp³-hybridized carbons (Fsp3) is 0.100. The number of H-pyrrole nitrogens is 1. The van der Waals surface area contributed by atoms with Crippen molar-refractivity contribution in [3.8, 4) is 28.1 Å². The van der Waals surface area contributed by atoms with Gasteiger partial charge < -0.3 is 10.1 Å². The summed E-state index contributed by atoms with van der Waals surface area (Å²) in [5.41, 5.74) is 5.18. The molecule has 0 amide bonds. The summed E-state index contributed by atoms with van der Waals surface area (Å²) >= 11 is 5.94. The van der Waals surface area contributed by atoms with Crippen molar-refractivity contribution in [2.45, 2.75) is 13.5 Å². The zero-order valence-corrected chi connectivity index (χ0v) is 14.8. The Morgan fingerprint density at radius 1 is 1.12 bits per heavy atom. The third kappa shape index (κ3) is 2.71. The van der Waals surface area contributed by atoms with Crippen molar-refractivity contribution in [3.05, 3.63) is 81.4 Å². The average Bonchev–Trinajstić information content (AvgIpc) is 2.99. The quantitative estimate of drug-likeness (QED) is 0.580. The molecular weight excluding hydrogens is 350 g/mol. The normalized spacial score (nSPS) is 11.2. The molecule has 0 saturated heterocycles. The largest absolute Gasteiger partial charge is 0.392 e. The maximum atomic E-state index is 12.8. The maximum absolute atomic E-state index is 12.8. The number of hydrogen-bond donors (Lipinski definition) is 2. The van der Waals surface area contributed by atoms with E-state index in [0.29, 0.717) is 22.0 Å². The van der Waals surface area contributed by atoms with Gasteiger partial charge in [0.1, 0.15) is 5.69 Å². The van der Waals surface area contributed by atoms with Gasteiger partial charge in [-0.2, -0.15) is 9.78 Å². The Morgan fingerprint density at radius 3 is 2.46 bits per heavy atom. The van der Waals surface area contributed by atoms with Crippen LogP contribution >= 0.6 is 11.6 Å². The van der Waals surface area contributed by atoms with Crippen LogP contribution in [0.15, 0.2) is 59.5 Å². The molecule has 0 radical (unpaired) electrons. The van der Waals surface area contributed by atoms with Crippen LogP contribution in [0.1, 0.15) is 11.3 Å². The molecule has 0 atom stereocenters. The highest BCUT2D eigenvalue weighted by molar-refractivity contribution is 6.30. The summed E-state index contributed by atoms with van der Waals surface area (Å²) < 4.78 is 1.39. The van der Waals surface area contributed by atoms with Crippen LogP contribution in [0.5, 0.6) is 0 Å². The summed E-state index contributed by atoms with van der Waals surface area (Å²) in [5, 5.41) is 14.4. The van der Waals surface area contributed by atoms with E-state index in [1.54, 1.807) is 30.5 Å². The Balaban J connectivity index is 1.93. The molecule has 2 aliphatic heterocycles. The number of aliphatic hydroxyl groups excluding tert-OH is 1. The first-order valence-electron chi connectivity index (χ1n) is 8.15. The van der Waals surface area contributed by atoms with Crippen molar-refractivity contribution in [3.63, 3.8) is 0 Å². The molecule has 2 N–H and O–H groups in total. The van der Waals surface area contributed by atoms with Gasteiger partial charge in [-0.05, 0) is 42.3 Å². The molecule has 0 fully saturated rings. The number of pyridine rings is 1. The van der Waals surface area contributed by atoms with E-state index in [4.69, 9.17) is 11.6 Å². The monoisotopic (exact) mass is 365 g/mol. The van der Waals surface area contributed by atoms with Gasteiger partial charge in [0, 0.05) is 22.5 Å². The van der Waals surface area contributed by atoms with Gasteiger partial charge in [0.25, 0.3) is 5.56 Å². The molecule has 2 heterocycles. The second-order valence-electron chi connectivity index (χ2n) is 6.10. The van der Waals surface area contributed by atoms with E-state index in [-0.39, 0.29) is 12.2 Å². The first kappa shape index (κ1) is 16.6. The topological polar surface area (TPSA) is 70.9 Å². The summed E-state index contributed by atoms with van der Waals surface area (Å²) in [6.07, 6.45) is 1.69. The van der Waals surface area contributed by atoms with Gasteiger partial charge in [-0.1, -0.05) is 35.9 Å². The number of nitrogens with one attached hydrogen (secondary N) is 1. The van der Waals surface area contributed by atoms with Crippen molar-refractivity contribution in [2.75, 3.05) is 0 Å². The van der Waals surface area contributed by atoms with Gasteiger partial charge in [0.15, 0.2) is 0 Å². The Hall–Kier alpha value is -2.89. The Kier molecular flexibility index (Phi) is 4.11. The lowest BCUT2D eigenvalue weighted by Crippen LogP contribution is -2.14. The fourth-order valence-corrected chi connectivity index (χ4v) is 3.17. The Labute approximate surface area is 154 Å². The highest BCUT2D eigenvalue weighted by atomic mass is 35.5. The van der Waals surface area contributed by atoms with Crippen molar-refractivity contribution in [1.29, 1.82) is 0 Å². The number of aromatic amines is 1. The van der Waals surface area contributed by atoms with Crippen molar-refractivity contribution in [1.82, 2.24) is 14.8 Å². The molecule has 2 aromatic carbocycles. The second kappa shape index (κ2) is 6.44. The van der Waals surface area contributed by atoms with E-state index in [0.717, 1.165) is 22.4 Å². The van der Waals surface area contributed by atoms with E-state index in [2.05, 4.69) is 10.1 Å². The molecule has 130 valence electrons. The molecule has 0 bridgehead atoms. The highest BCUT2D eigenvalue weighted by Gasteiger charge is 2.22. The minimum absolute atomic E-state index is 0.00844. The number of benzene rings is 2. The molecule has 26 heavy (non-hydrogen) atoms. The van der Waals surface area contributed by atoms with Crippen LogP contribution in [0.3, 0.4) is 0 Å². The van der Waals surface area contributed by atoms with E-state index in [1.165, 1.54) is 4.68 Å². The van der Waals surface area contributed by atoms with Gasteiger partial charge in [-0.15, -0.1) is 0 Å². The van der Waals surface area contributed by atoms with Gasteiger partial charge >= 0.3 is 0 Å². The van der Waals surface area contributed by atoms with Crippen LogP contribution in [0.25, 0.3) is 28.1 Å².